The number of nitrogens with zero attached hydrogens (tertiary/aromatic N) is 3. The van der Waals surface area contributed by atoms with Gasteiger partial charge in [-0.1, -0.05) is 24.8 Å². The first-order valence-electron chi connectivity index (χ1n) is 7.25. The Morgan fingerprint density at radius 3 is 3.04 bits per heavy atom. The predicted octanol–water partition coefficient (Wildman–Crippen LogP) is 4.08. The van der Waals surface area contributed by atoms with E-state index in [4.69, 9.17) is 0 Å². The monoisotopic (exact) mass is 303 g/mol. The smallest absolute Gasteiger partial charge is 0.227 e. The molecule has 0 saturated heterocycles. The molecular weight excluding hydrogens is 286 g/mol. The Morgan fingerprint density at radius 2 is 2.17 bits per heavy atom. The lowest BCUT2D eigenvalue weighted by atomic mass is 10.1. The van der Waals surface area contributed by atoms with Crippen LogP contribution in [0.3, 0.4) is 0 Å². The maximum absolute atomic E-state index is 4.58. The first-order chi connectivity index (χ1) is 11.3. The molecule has 0 aromatic carbocycles. The van der Waals surface area contributed by atoms with Gasteiger partial charge in [0, 0.05) is 47.0 Å². The average Bonchev–Trinajstić information content (AvgIpc) is 2.99. The summed E-state index contributed by atoms with van der Waals surface area (Å²) < 4.78 is 0. The molecule has 5 heteroatoms. The van der Waals surface area contributed by atoms with Crippen LogP contribution in [0.25, 0.3) is 22.2 Å². The first-order valence-corrected chi connectivity index (χ1v) is 7.25. The van der Waals surface area contributed by atoms with Gasteiger partial charge in [-0.15, -0.1) is 0 Å². The number of aromatic nitrogens is 4. The van der Waals surface area contributed by atoms with Crippen LogP contribution in [-0.4, -0.2) is 19.9 Å². The number of pyridine rings is 1. The van der Waals surface area contributed by atoms with Crippen LogP contribution < -0.4 is 5.32 Å². The maximum atomic E-state index is 4.58. The van der Waals surface area contributed by atoms with Gasteiger partial charge in [0.15, 0.2) is 0 Å². The summed E-state index contributed by atoms with van der Waals surface area (Å²) in [5.74, 6) is 0.557. The van der Waals surface area contributed by atoms with Gasteiger partial charge < -0.3 is 10.3 Å². The SMILES string of the molecule is C=C/C=C\C=C(/C)Nc1nccc(-c2c[nH]c3ccncc23)n1. The van der Waals surface area contributed by atoms with E-state index in [1.165, 1.54) is 0 Å². The highest BCUT2D eigenvalue weighted by atomic mass is 15.1. The molecular formula is C18H17N5. The molecule has 2 N–H and O–H groups in total. The van der Waals surface area contributed by atoms with Crippen molar-refractivity contribution in [1.82, 2.24) is 19.9 Å². The normalized spacial score (nSPS) is 12.0. The average molecular weight is 303 g/mol. The van der Waals surface area contributed by atoms with E-state index >= 15 is 0 Å². The lowest BCUT2D eigenvalue weighted by Crippen LogP contribution is -2.01. The van der Waals surface area contributed by atoms with Crippen LogP contribution in [0.4, 0.5) is 5.95 Å². The van der Waals surface area contributed by atoms with Crippen LogP contribution in [0.5, 0.6) is 0 Å². The summed E-state index contributed by atoms with van der Waals surface area (Å²) in [6.45, 7) is 5.59. The summed E-state index contributed by atoms with van der Waals surface area (Å²) in [7, 11) is 0. The molecule has 0 amide bonds. The third kappa shape index (κ3) is 3.35. The van der Waals surface area contributed by atoms with Crippen LogP contribution in [0.1, 0.15) is 6.92 Å². The van der Waals surface area contributed by atoms with Crippen LogP contribution >= 0.6 is 0 Å². The summed E-state index contributed by atoms with van der Waals surface area (Å²) in [5, 5.41) is 4.22. The highest BCUT2D eigenvalue weighted by Gasteiger charge is 2.08. The molecule has 114 valence electrons. The van der Waals surface area contributed by atoms with E-state index in [9.17, 15) is 0 Å². The highest BCUT2D eigenvalue weighted by Crippen LogP contribution is 2.26. The Hall–Kier alpha value is -3.21. The zero-order chi connectivity index (χ0) is 16.1. The van der Waals surface area contributed by atoms with E-state index in [0.29, 0.717) is 5.95 Å². The second-order valence-corrected chi connectivity index (χ2v) is 4.98. The van der Waals surface area contributed by atoms with E-state index < -0.39 is 0 Å². The molecule has 0 aliphatic rings. The standard InChI is InChI=1S/C18H17N5/c1-3-4-5-6-13(2)22-18-20-10-8-17(23-18)15-12-21-16-7-9-19-11-14(15)16/h3-12,21H,1H2,2H3,(H,20,22,23)/b5-4-,13-6+. The highest BCUT2D eigenvalue weighted by molar-refractivity contribution is 5.93. The number of hydrogen-bond acceptors (Lipinski definition) is 4. The fourth-order valence-corrected chi connectivity index (χ4v) is 2.24. The van der Waals surface area contributed by atoms with Crippen molar-refractivity contribution in [2.75, 3.05) is 5.32 Å². The van der Waals surface area contributed by atoms with Gasteiger partial charge in [-0.2, -0.15) is 0 Å². The Balaban J connectivity index is 1.89. The van der Waals surface area contributed by atoms with Crippen molar-refractivity contribution in [2.24, 2.45) is 0 Å². The summed E-state index contributed by atoms with van der Waals surface area (Å²) in [6, 6.07) is 3.83. The molecule has 0 saturated carbocycles. The molecule has 0 fully saturated rings. The minimum atomic E-state index is 0.557. The molecule has 0 radical (unpaired) electrons. The summed E-state index contributed by atoms with van der Waals surface area (Å²) in [5.41, 5.74) is 3.83. The third-order valence-electron chi connectivity index (χ3n) is 3.32. The van der Waals surface area contributed by atoms with Gasteiger partial charge in [0.25, 0.3) is 0 Å². The van der Waals surface area contributed by atoms with E-state index in [2.05, 4.69) is 31.8 Å². The van der Waals surface area contributed by atoms with Gasteiger partial charge in [0.1, 0.15) is 0 Å². The topological polar surface area (TPSA) is 66.5 Å². The molecule has 3 heterocycles. The van der Waals surface area contributed by atoms with Gasteiger partial charge in [-0.25, -0.2) is 9.97 Å². The van der Waals surface area contributed by atoms with E-state index in [-0.39, 0.29) is 0 Å². The third-order valence-corrected chi connectivity index (χ3v) is 3.32. The number of rotatable bonds is 5. The second kappa shape index (κ2) is 6.70. The van der Waals surface area contributed by atoms with Crippen molar-refractivity contribution in [2.45, 2.75) is 6.92 Å². The molecule has 23 heavy (non-hydrogen) atoms. The molecule has 5 nitrogen and oxygen atoms in total. The molecule has 0 bridgehead atoms. The van der Waals surface area contributed by atoms with Crippen molar-refractivity contribution in [1.29, 1.82) is 0 Å². The van der Waals surface area contributed by atoms with Crippen LogP contribution in [0.15, 0.2) is 73.5 Å². The lowest BCUT2D eigenvalue weighted by Gasteiger charge is -2.05. The molecule has 0 spiro atoms. The molecule has 3 aromatic heterocycles. The van der Waals surface area contributed by atoms with Gasteiger partial charge in [-0.05, 0) is 25.1 Å². The van der Waals surface area contributed by atoms with Gasteiger partial charge in [-0.3, -0.25) is 4.98 Å². The number of H-pyrrole nitrogens is 1. The van der Waals surface area contributed by atoms with Gasteiger partial charge >= 0.3 is 0 Å². The Morgan fingerprint density at radius 1 is 1.26 bits per heavy atom. The van der Waals surface area contributed by atoms with Crippen molar-refractivity contribution in [3.05, 3.63) is 73.5 Å². The lowest BCUT2D eigenvalue weighted by molar-refractivity contribution is 1.14. The van der Waals surface area contributed by atoms with Crippen molar-refractivity contribution in [3.63, 3.8) is 0 Å². The zero-order valence-corrected chi connectivity index (χ0v) is 12.8. The number of nitrogens with one attached hydrogen (secondary N) is 2. The molecule has 3 rings (SSSR count). The second-order valence-electron chi connectivity index (χ2n) is 4.98. The van der Waals surface area contributed by atoms with Crippen LogP contribution in [0, 0.1) is 0 Å². The molecule has 3 aromatic rings. The number of allylic oxidation sites excluding steroid dienone is 5. The van der Waals surface area contributed by atoms with Crippen LogP contribution in [0.2, 0.25) is 0 Å². The fraction of sp³-hybridized carbons (Fsp3) is 0.0556. The molecule has 0 atom stereocenters. The van der Waals surface area contributed by atoms with Crippen LogP contribution in [-0.2, 0) is 0 Å². The van der Waals surface area contributed by atoms with E-state index in [1.54, 1.807) is 18.5 Å². The van der Waals surface area contributed by atoms with Crippen molar-refractivity contribution >= 4 is 16.9 Å². The largest absolute Gasteiger partial charge is 0.360 e. The van der Waals surface area contributed by atoms with Gasteiger partial charge in [0.2, 0.25) is 5.95 Å². The Kier molecular flexibility index (Phi) is 4.29. The molecule has 0 unspecified atom stereocenters. The zero-order valence-electron chi connectivity index (χ0n) is 12.8. The number of fused-ring (bicyclic) bond motifs is 1. The number of hydrogen-bond donors (Lipinski definition) is 2. The Labute approximate surface area is 134 Å². The maximum Gasteiger partial charge on any atom is 0.227 e. The predicted molar refractivity (Wildman–Crippen MR) is 93.8 cm³/mol. The summed E-state index contributed by atoms with van der Waals surface area (Å²) in [4.78, 5) is 16.3. The number of anilines is 1. The first kappa shape index (κ1) is 14.7. The summed E-state index contributed by atoms with van der Waals surface area (Å²) >= 11 is 0. The van der Waals surface area contributed by atoms with Gasteiger partial charge in [0.05, 0.1) is 5.69 Å². The minimum Gasteiger partial charge on any atom is -0.360 e. The van der Waals surface area contributed by atoms with E-state index in [0.717, 1.165) is 27.9 Å². The van der Waals surface area contributed by atoms with Crippen molar-refractivity contribution < 1.29 is 0 Å². The van der Waals surface area contributed by atoms with E-state index in [1.807, 2.05) is 49.7 Å². The fourth-order valence-electron chi connectivity index (χ4n) is 2.24. The Bertz CT molecular complexity index is 889. The van der Waals surface area contributed by atoms with Crippen molar-refractivity contribution in [3.8, 4) is 11.3 Å². The molecule has 0 aliphatic heterocycles. The number of aromatic amines is 1. The summed E-state index contributed by atoms with van der Waals surface area (Å²) in [6.07, 6.45) is 14.7. The quantitative estimate of drug-likeness (QED) is 0.697. The molecule has 0 aliphatic carbocycles. The minimum absolute atomic E-state index is 0.557.